The maximum absolute atomic E-state index is 14.8. The van der Waals surface area contributed by atoms with E-state index in [9.17, 15) is 70.9 Å². The molecule has 0 bridgehead atoms. The first-order valence-electron chi connectivity index (χ1n) is 25.1. The SMILES string of the molecule is COC(=O)[C@@]1(C)CC[C@]2(C(=O)O[C@@H]3O[C@@H](CO)[C@H](O)[C@@H](O)[C@@H]3O)CC[C@]3(C)C(=CC[C@@H]4[C@@]5(C)CC[C@H](O[C@@H]6O[C@H](CO)[C@H](O)[C@H](O[C@@H]7O[C@H](CO)[C@@H](O)[C@H](O)[C@H]7O)[C@H]6O)[C@@](C)(CO)[C@@H]5CC[C@]43C)[C@@H]2C1. The Morgan fingerprint density at radius 2 is 1.17 bits per heavy atom. The standard InChI is InChI=1S/C49H78O21/c1-44(42(62)64-6)13-15-49(43(63)70-40-36(60)34(58)31(55)25(19-51)66-40)16-14-47(4)22(23(49)17-44)7-8-28-45(2)11-10-29(46(3,21-53)27(45)9-12-48(28,47)5)68-41-37(61)38(32(56)26(20-52)67-41)69-39-35(59)33(57)30(54)24(18-50)65-39/h7,23-41,50-61H,8-21H2,1-6H3/t23-,24+,25-,26+,27+,28+,29-,30+,31-,32-,33-,34+,35+,36-,37+,38-,39-,40-,41-,44-,45-,46-,47+,48+,49-/m0/s1. The lowest BCUT2D eigenvalue weighted by Crippen LogP contribution is -2.67. The van der Waals surface area contributed by atoms with Crippen molar-refractivity contribution >= 4 is 11.9 Å². The molecule has 7 fully saturated rings. The fourth-order valence-corrected chi connectivity index (χ4v) is 15.3. The van der Waals surface area contributed by atoms with E-state index in [1.807, 2.05) is 13.8 Å². The van der Waals surface area contributed by atoms with Crippen LogP contribution in [0, 0.1) is 50.2 Å². The van der Waals surface area contributed by atoms with Gasteiger partial charge in [-0.1, -0.05) is 39.3 Å². The molecule has 8 rings (SSSR count). The minimum absolute atomic E-state index is 0.0604. The number of allylic oxidation sites excluding steroid dienone is 2. The van der Waals surface area contributed by atoms with Crippen LogP contribution in [0.1, 0.15) is 98.8 Å². The minimum Gasteiger partial charge on any atom is -0.469 e. The van der Waals surface area contributed by atoms with Gasteiger partial charge in [-0.2, -0.15) is 0 Å². The number of esters is 2. The van der Waals surface area contributed by atoms with E-state index >= 15 is 0 Å². The highest BCUT2D eigenvalue weighted by molar-refractivity contribution is 5.81. The zero-order valence-electron chi connectivity index (χ0n) is 41.0. The highest BCUT2D eigenvalue weighted by Crippen LogP contribution is 2.76. The molecule has 21 nitrogen and oxygen atoms in total. The molecule has 3 aliphatic heterocycles. The Kier molecular flexibility index (Phi) is 15.2. The molecule has 0 aromatic heterocycles. The Labute approximate surface area is 407 Å². The first-order chi connectivity index (χ1) is 32.9. The molecule has 0 aromatic carbocycles. The molecule has 0 spiro atoms. The van der Waals surface area contributed by atoms with Crippen molar-refractivity contribution < 1.29 is 104 Å². The number of aliphatic hydroxyl groups is 12. The lowest BCUT2D eigenvalue weighted by atomic mass is 9.33. The van der Waals surface area contributed by atoms with Crippen molar-refractivity contribution in [1.82, 2.24) is 0 Å². The third-order valence-electron chi connectivity index (χ3n) is 19.9. The predicted molar refractivity (Wildman–Crippen MR) is 238 cm³/mol. The van der Waals surface area contributed by atoms with Gasteiger partial charge in [0.1, 0.15) is 73.2 Å². The fourth-order valence-electron chi connectivity index (χ4n) is 15.3. The fraction of sp³-hybridized carbons (Fsp3) is 0.918. The van der Waals surface area contributed by atoms with Crippen LogP contribution < -0.4 is 0 Å². The van der Waals surface area contributed by atoms with Crippen LogP contribution in [-0.2, 0) is 42.7 Å². The normalized spacial score (nSPS) is 53.6. The molecule has 0 amide bonds. The second-order valence-electron chi connectivity index (χ2n) is 23.2. The molecule has 400 valence electrons. The van der Waals surface area contributed by atoms with Gasteiger partial charge in [-0.3, -0.25) is 9.59 Å². The Morgan fingerprint density at radius 3 is 1.76 bits per heavy atom. The van der Waals surface area contributed by atoms with Crippen LogP contribution in [0.5, 0.6) is 0 Å². The molecule has 4 saturated carbocycles. The predicted octanol–water partition coefficient (Wildman–Crippen LogP) is -1.73. The number of fused-ring (bicyclic) bond motifs is 7. The first kappa shape index (κ1) is 54.3. The van der Waals surface area contributed by atoms with Gasteiger partial charge in [-0.25, -0.2) is 0 Å². The Morgan fingerprint density at radius 1 is 0.614 bits per heavy atom. The van der Waals surface area contributed by atoms with Crippen LogP contribution >= 0.6 is 0 Å². The van der Waals surface area contributed by atoms with Crippen LogP contribution in [0.25, 0.3) is 0 Å². The highest BCUT2D eigenvalue weighted by atomic mass is 16.7. The van der Waals surface area contributed by atoms with E-state index in [4.69, 9.17) is 33.2 Å². The third kappa shape index (κ3) is 8.24. The number of aliphatic hydroxyl groups excluding tert-OH is 12. The van der Waals surface area contributed by atoms with Gasteiger partial charge in [0.25, 0.3) is 0 Å². The largest absolute Gasteiger partial charge is 0.469 e. The van der Waals surface area contributed by atoms with E-state index < -0.39 is 158 Å². The summed E-state index contributed by atoms with van der Waals surface area (Å²) in [5.41, 5.74) is -3.19. The van der Waals surface area contributed by atoms with Crippen LogP contribution in [0.3, 0.4) is 0 Å². The van der Waals surface area contributed by atoms with Gasteiger partial charge in [0, 0.05) is 5.41 Å². The second-order valence-corrected chi connectivity index (χ2v) is 23.2. The maximum atomic E-state index is 14.8. The Balaban J connectivity index is 1.06. The number of methoxy groups -OCH3 is 1. The van der Waals surface area contributed by atoms with E-state index in [1.54, 1.807) is 0 Å². The van der Waals surface area contributed by atoms with Crippen LogP contribution in [0.2, 0.25) is 0 Å². The van der Waals surface area contributed by atoms with E-state index in [0.29, 0.717) is 51.4 Å². The van der Waals surface area contributed by atoms with E-state index in [-0.39, 0.29) is 42.1 Å². The molecular formula is C49H78O21. The Hall–Kier alpha value is -2.00. The summed E-state index contributed by atoms with van der Waals surface area (Å²) in [7, 11) is 1.35. The second kappa shape index (κ2) is 19.6. The average Bonchev–Trinajstić information content (AvgIpc) is 3.34. The smallest absolute Gasteiger partial charge is 0.315 e. The summed E-state index contributed by atoms with van der Waals surface area (Å²) in [6.45, 7) is 8.19. The topological polar surface area (TPSA) is 342 Å². The highest BCUT2D eigenvalue weighted by Gasteiger charge is 2.71. The number of ether oxygens (including phenoxy) is 7. The summed E-state index contributed by atoms with van der Waals surface area (Å²) >= 11 is 0. The molecule has 25 atom stereocenters. The number of hydrogen-bond donors (Lipinski definition) is 12. The molecule has 3 saturated heterocycles. The molecule has 12 N–H and O–H groups in total. The van der Waals surface area contributed by atoms with Crippen molar-refractivity contribution in [2.24, 2.45) is 50.2 Å². The summed E-state index contributed by atoms with van der Waals surface area (Å²) in [6.07, 6.45) is -18.0. The zero-order valence-corrected chi connectivity index (χ0v) is 41.0. The van der Waals surface area contributed by atoms with Gasteiger partial charge in [0.15, 0.2) is 12.6 Å². The van der Waals surface area contributed by atoms with Crippen molar-refractivity contribution in [3.63, 3.8) is 0 Å². The number of rotatable bonds is 11. The van der Waals surface area contributed by atoms with Crippen LogP contribution in [0.15, 0.2) is 11.6 Å². The van der Waals surface area contributed by atoms with E-state index in [1.165, 1.54) is 7.11 Å². The van der Waals surface area contributed by atoms with Gasteiger partial charge < -0.3 is 94.4 Å². The molecule has 21 heteroatoms. The minimum atomic E-state index is -1.84. The number of carbonyl (C=O) groups is 2. The molecular weight excluding hydrogens is 925 g/mol. The van der Waals surface area contributed by atoms with Crippen molar-refractivity contribution in [2.75, 3.05) is 33.5 Å². The zero-order chi connectivity index (χ0) is 51.3. The van der Waals surface area contributed by atoms with Crippen LogP contribution in [0.4, 0.5) is 0 Å². The Bertz CT molecular complexity index is 1940. The first-order valence-corrected chi connectivity index (χ1v) is 25.1. The van der Waals surface area contributed by atoms with E-state index in [0.717, 1.165) is 5.57 Å². The maximum Gasteiger partial charge on any atom is 0.315 e. The summed E-state index contributed by atoms with van der Waals surface area (Å²) in [5.74, 6) is -1.61. The van der Waals surface area contributed by atoms with E-state index in [2.05, 4.69) is 26.8 Å². The van der Waals surface area contributed by atoms with Gasteiger partial charge >= 0.3 is 11.9 Å². The van der Waals surface area contributed by atoms with Gasteiger partial charge in [-0.15, -0.1) is 0 Å². The molecule has 0 aromatic rings. The van der Waals surface area contributed by atoms with Crippen molar-refractivity contribution in [3.8, 4) is 0 Å². The summed E-state index contributed by atoms with van der Waals surface area (Å²) in [4.78, 5) is 28.3. The monoisotopic (exact) mass is 1000 g/mol. The number of hydrogen-bond acceptors (Lipinski definition) is 21. The lowest BCUT2D eigenvalue weighted by molar-refractivity contribution is -0.370. The van der Waals surface area contributed by atoms with Gasteiger partial charge in [-0.05, 0) is 105 Å². The lowest BCUT2D eigenvalue weighted by Gasteiger charge is -2.71. The summed E-state index contributed by atoms with van der Waals surface area (Å²) < 4.78 is 40.8. The number of carbonyl (C=O) groups excluding carboxylic acids is 2. The summed E-state index contributed by atoms with van der Waals surface area (Å²) in [6, 6.07) is 0. The molecule has 0 radical (unpaired) electrons. The van der Waals surface area contributed by atoms with Gasteiger partial charge in [0.2, 0.25) is 6.29 Å². The van der Waals surface area contributed by atoms with Crippen molar-refractivity contribution in [3.05, 3.63) is 11.6 Å². The molecule has 5 aliphatic carbocycles. The summed E-state index contributed by atoms with van der Waals surface area (Å²) in [5, 5.41) is 127. The molecule has 0 unspecified atom stereocenters. The van der Waals surface area contributed by atoms with Crippen LogP contribution in [-0.4, -0.2) is 205 Å². The van der Waals surface area contributed by atoms with Crippen molar-refractivity contribution in [2.45, 2.75) is 197 Å². The molecule has 3 heterocycles. The average molecular weight is 1000 g/mol. The quantitative estimate of drug-likeness (QED) is 0.0621. The van der Waals surface area contributed by atoms with Crippen molar-refractivity contribution in [1.29, 1.82) is 0 Å². The molecule has 8 aliphatic rings. The van der Waals surface area contributed by atoms with Gasteiger partial charge in [0.05, 0.1) is 50.5 Å². The third-order valence-corrected chi connectivity index (χ3v) is 19.9. The molecule has 70 heavy (non-hydrogen) atoms.